The summed E-state index contributed by atoms with van der Waals surface area (Å²) in [6.07, 6.45) is 2.94. The van der Waals surface area contributed by atoms with Crippen LogP contribution in [0.25, 0.3) is 16.5 Å². The highest BCUT2D eigenvalue weighted by Gasteiger charge is 2.24. The van der Waals surface area contributed by atoms with Crippen molar-refractivity contribution in [2.45, 2.75) is 52.9 Å². The van der Waals surface area contributed by atoms with Crippen molar-refractivity contribution in [3.8, 4) is 17.2 Å². The Morgan fingerprint density at radius 2 is 1.72 bits per heavy atom. The minimum atomic E-state index is -0.386. The Labute approximate surface area is 269 Å². The second-order valence-corrected chi connectivity index (χ2v) is 13.1. The smallest absolute Gasteiger partial charge is 0.324 e. The number of hydrogen-bond donors (Lipinski definition) is 2. The van der Waals surface area contributed by atoms with Crippen LogP contribution in [0, 0.1) is 12.8 Å². The van der Waals surface area contributed by atoms with Crippen LogP contribution in [0.2, 0.25) is 0 Å². The van der Waals surface area contributed by atoms with Crippen LogP contribution in [0.1, 0.15) is 51.1 Å². The van der Waals surface area contributed by atoms with Crippen LogP contribution < -0.4 is 15.4 Å². The monoisotopic (exact) mass is 616 g/mol. The largest absolute Gasteiger partial charge is 0.457 e. The maximum Gasteiger partial charge on any atom is 0.324 e. The van der Waals surface area contributed by atoms with Gasteiger partial charge in [-0.2, -0.15) is 5.10 Å². The second kappa shape index (κ2) is 12.7. The van der Waals surface area contributed by atoms with E-state index in [1.165, 1.54) is 0 Å². The molecule has 0 radical (unpaired) electrons. The molecule has 0 unspecified atom stereocenters. The van der Waals surface area contributed by atoms with Crippen LogP contribution in [0.3, 0.4) is 0 Å². The van der Waals surface area contributed by atoms with Crippen molar-refractivity contribution in [1.29, 1.82) is 0 Å². The van der Waals surface area contributed by atoms with Gasteiger partial charge in [0.15, 0.2) is 0 Å². The fourth-order valence-corrected chi connectivity index (χ4v) is 5.63. The Morgan fingerprint density at radius 1 is 0.957 bits per heavy atom. The number of aromatic nitrogens is 3. The minimum Gasteiger partial charge on any atom is -0.457 e. The average molecular weight is 617 g/mol. The number of nitrogens with one attached hydrogen (secondary N) is 2. The molecule has 2 N–H and O–H groups in total. The number of pyridine rings is 1. The lowest BCUT2D eigenvalue weighted by atomic mass is 9.92. The number of amides is 3. The SMILES string of the molecule is Cc1ccc(-n2nc(C(C)(C)C)cc2NC(=O)Nc2ccc(Oc3ccnc(CC(=O)N4CC[C@@H](C)C4)c3)c3ccccc23)cc1. The van der Waals surface area contributed by atoms with E-state index >= 15 is 0 Å². The Bertz CT molecular complexity index is 1890. The van der Waals surface area contributed by atoms with E-state index in [1.807, 2.05) is 84.6 Å². The van der Waals surface area contributed by atoms with E-state index in [1.54, 1.807) is 16.9 Å². The zero-order valence-corrected chi connectivity index (χ0v) is 27.0. The molecular formula is C37H40N6O3. The molecule has 3 amide bonds. The van der Waals surface area contributed by atoms with E-state index in [4.69, 9.17) is 9.84 Å². The molecule has 2 aromatic heterocycles. The van der Waals surface area contributed by atoms with Crippen molar-refractivity contribution in [2.24, 2.45) is 5.92 Å². The van der Waals surface area contributed by atoms with Crippen molar-refractivity contribution < 1.29 is 14.3 Å². The van der Waals surface area contributed by atoms with Gasteiger partial charge >= 0.3 is 6.03 Å². The van der Waals surface area contributed by atoms with E-state index in [0.717, 1.165) is 47.2 Å². The lowest BCUT2D eigenvalue weighted by molar-refractivity contribution is -0.129. The molecule has 1 fully saturated rings. The molecule has 0 bridgehead atoms. The lowest BCUT2D eigenvalue weighted by Crippen LogP contribution is -2.30. The molecular weight excluding hydrogens is 576 g/mol. The lowest BCUT2D eigenvalue weighted by Gasteiger charge is -2.16. The third kappa shape index (κ3) is 6.88. The third-order valence-electron chi connectivity index (χ3n) is 8.25. The fraction of sp³-hybridized carbons (Fsp3) is 0.297. The number of hydrogen-bond acceptors (Lipinski definition) is 5. The van der Waals surface area contributed by atoms with Gasteiger partial charge in [-0.3, -0.25) is 15.1 Å². The second-order valence-electron chi connectivity index (χ2n) is 13.1. The number of rotatable bonds is 7. The molecule has 46 heavy (non-hydrogen) atoms. The number of fused-ring (bicyclic) bond motifs is 1. The van der Waals surface area contributed by atoms with Crippen LogP contribution >= 0.6 is 0 Å². The van der Waals surface area contributed by atoms with Gasteiger partial charge in [-0.15, -0.1) is 0 Å². The topological polar surface area (TPSA) is 101 Å². The number of anilines is 2. The van der Waals surface area contributed by atoms with Crippen LogP contribution in [-0.4, -0.2) is 44.7 Å². The molecule has 9 heteroatoms. The van der Waals surface area contributed by atoms with Gasteiger partial charge in [-0.05, 0) is 49.6 Å². The van der Waals surface area contributed by atoms with Crippen molar-refractivity contribution in [3.05, 3.63) is 102 Å². The van der Waals surface area contributed by atoms with Gasteiger partial charge in [0.25, 0.3) is 0 Å². The molecule has 0 aliphatic carbocycles. The molecule has 236 valence electrons. The summed E-state index contributed by atoms with van der Waals surface area (Å²) in [5.74, 6) is 2.42. The van der Waals surface area contributed by atoms with Crippen molar-refractivity contribution >= 4 is 34.2 Å². The molecule has 1 aliphatic rings. The summed E-state index contributed by atoms with van der Waals surface area (Å²) in [6.45, 7) is 12.1. The number of urea groups is 1. The van der Waals surface area contributed by atoms with Gasteiger partial charge in [-0.25, -0.2) is 9.48 Å². The number of aryl methyl sites for hydroxylation is 1. The molecule has 1 atom stereocenters. The van der Waals surface area contributed by atoms with E-state index in [2.05, 4.69) is 43.3 Å². The summed E-state index contributed by atoms with van der Waals surface area (Å²) in [5.41, 5.74) is 3.97. The minimum absolute atomic E-state index is 0.0877. The first-order chi connectivity index (χ1) is 22.0. The highest BCUT2D eigenvalue weighted by atomic mass is 16.5. The molecule has 5 aromatic rings. The van der Waals surface area contributed by atoms with Gasteiger partial charge in [0.1, 0.15) is 17.3 Å². The van der Waals surface area contributed by atoms with E-state index < -0.39 is 0 Å². The third-order valence-corrected chi connectivity index (χ3v) is 8.25. The highest BCUT2D eigenvalue weighted by molar-refractivity contribution is 6.07. The predicted octanol–water partition coefficient (Wildman–Crippen LogP) is 7.87. The Hall–Kier alpha value is -5.18. The Balaban J connectivity index is 1.20. The molecule has 1 saturated heterocycles. The normalized spacial score (nSPS) is 14.8. The molecule has 1 aliphatic heterocycles. The van der Waals surface area contributed by atoms with Crippen molar-refractivity contribution in [2.75, 3.05) is 23.7 Å². The van der Waals surface area contributed by atoms with E-state index in [0.29, 0.717) is 34.6 Å². The number of ether oxygens (including phenoxy) is 1. The quantitative estimate of drug-likeness (QED) is 0.194. The van der Waals surface area contributed by atoms with Crippen molar-refractivity contribution in [1.82, 2.24) is 19.7 Å². The Morgan fingerprint density at radius 3 is 2.43 bits per heavy atom. The number of carbonyl (C=O) groups excluding carboxylic acids is 2. The zero-order valence-electron chi connectivity index (χ0n) is 27.0. The first-order valence-electron chi connectivity index (χ1n) is 15.7. The molecule has 0 spiro atoms. The molecule has 0 saturated carbocycles. The van der Waals surface area contributed by atoms with Crippen LogP contribution in [-0.2, 0) is 16.6 Å². The van der Waals surface area contributed by atoms with E-state index in [9.17, 15) is 9.59 Å². The maximum atomic E-state index is 13.4. The summed E-state index contributed by atoms with van der Waals surface area (Å²) in [5, 5.41) is 12.5. The zero-order chi connectivity index (χ0) is 32.4. The standard InChI is InChI=1S/C37H40N6O3/c1-24-10-12-27(13-11-24)43-34(22-33(41-43)37(3,4)5)40-36(45)39-31-14-15-32(30-9-7-6-8-29(30)31)46-28-16-18-38-26(20-28)21-35(44)42-19-17-25(2)23-42/h6-16,18,20,22,25H,17,19,21,23H2,1-5H3,(H2,39,40,45)/t25-/m1/s1. The first-order valence-corrected chi connectivity index (χ1v) is 15.7. The summed E-state index contributed by atoms with van der Waals surface area (Å²) in [7, 11) is 0. The van der Waals surface area contributed by atoms with Crippen LogP contribution in [0.15, 0.2) is 85.1 Å². The number of likely N-dealkylation sites (tertiary alicyclic amines) is 1. The molecule has 3 aromatic carbocycles. The number of benzene rings is 3. The summed E-state index contributed by atoms with van der Waals surface area (Å²) in [6, 6.07) is 24.6. The fourth-order valence-electron chi connectivity index (χ4n) is 5.63. The van der Waals surface area contributed by atoms with Crippen LogP contribution in [0.4, 0.5) is 16.3 Å². The molecule has 9 nitrogen and oxygen atoms in total. The average Bonchev–Trinajstić information content (AvgIpc) is 3.66. The van der Waals surface area contributed by atoms with Gasteiger partial charge in [0.2, 0.25) is 5.91 Å². The van der Waals surface area contributed by atoms with Gasteiger partial charge in [0, 0.05) is 47.6 Å². The summed E-state index contributed by atoms with van der Waals surface area (Å²) < 4.78 is 8.08. The van der Waals surface area contributed by atoms with Crippen LogP contribution in [0.5, 0.6) is 11.5 Å². The maximum absolute atomic E-state index is 13.4. The van der Waals surface area contributed by atoms with Gasteiger partial charge < -0.3 is 15.0 Å². The molecule has 3 heterocycles. The van der Waals surface area contributed by atoms with Crippen molar-refractivity contribution in [3.63, 3.8) is 0 Å². The van der Waals surface area contributed by atoms with Gasteiger partial charge in [-0.1, -0.05) is 69.7 Å². The Kier molecular flexibility index (Phi) is 8.49. The first kappa shape index (κ1) is 30.8. The summed E-state index contributed by atoms with van der Waals surface area (Å²) in [4.78, 5) is 32.5. The van der Waals surface area contributed by atoms with Gasteiger partial charge in [0.05, 0.1) is 29.2 Å². The predicted molar refractivity (Wildman–Crippen MR) is 182 cm³/mol. The number of carbonyl (C=O) groups is 2. The summed E-state index contributed by atoms with van der Waals surface area (Å²) >= 11 is 0. The molecule has 6 rings (SSSR count). The number of nitrogens with zero attached hydrogens (tertiary/aromatic N) is 4. The van der Waals surface area contributed by atoms with E-state index in [-0.39, 0.29) is 23.8 Å². The highest BCUT2D eigenvalue weighted by Crippen LogP contribution is 2.35.